The summed E-state index contributed by atoms with van der Waals surface area (Å²) in [6.07, 6.45) is 0. The van der Waals surface area contributed by atoms with E-state index in [4.69, 9.17) is 0 Å². The highest BCUT2D eigenvalue weighted by Crippen LogP contribution is 2.62. The number of amides is 1. The van der Waals surface area contributed by atoms with Crippen LogP contribution in [0, 0.1) is 10.8 Å². The van der Waals surface area contributed by atoms with Gasteiger partial charge in [-0.3, -0.25) is 4.79 Å². The Hall–Kier alpha value is -0.570. The van der Waals surface area contributed by atoms with Gasteiger partial charge in [-0.1, -0.05) is 27.7 Å². The third-order valence-electron chi connectivity index (χ3n) is 4.59. The van der Waals surface area contributed by atoms with Crippen LogP contribution in [0.5, 0.6) is 0 Å². The molecule has 0 atom stereocenters. The molecule has 0 radical (unpaired) electrons. The van der Waals surface area contributed by atoms with Gasteiger partial charge < -0.3 is 10.2 Å². The van der Waals surface area contributed by atoms with Crippen molar-refractivity contribution in [2.24, 2.45) is 10.8 Å². The second kappa shape index (κ2) is 4.36. The van der Waals surface area contributed by atoms with Gasteiger partial charge in [-0.05, 0) is 24.7 Å². The van der Waals surface area contributed by atoms with Crippen molar-refractivity contribution < 1.29 is 4.79 Å². The van der Waals surface area contributed by atoms with Crippen molar-refractivity contribution in [1.29, 1.82) is 0 Å². The van der Waals surface area contributed by atoms with Crippen molar-refractivity contribution in [1.82, 2.24) is 10.2 Å². The van der Waals surface area contributed by atoms with E-state index in [-0.39, 0.29) is 5.91 Å². The molecule has 0 unspecified atom stereocenters. The van der Waals surface area contributed by atoms with Crippen LogP contribution in [0.4, 0.5) is 0 Å². The SMILES string of the molecule is CCN(CC)C(=O)CNC1C(C)(C)C1(C)C. The minimum Gasteiger partial charge on any atom is -0.342 e. The van der Waals surface area contributed by atoms with Crippen LogP contribution < -0.4 is 5.32 Å². The lowest BCUT2D eigenvalue weighted by Gasteiger charge is -2.19. The van der Waals surface area contributed by atoms with Gasteiger partial charge in [-0.15, -0.1) is 0 Å². The van der Waals surface area contributed by atoms with Crippen LogP contribution in [0.2, 0.25) is 0 Å². The van der Waals surface area contributed by atoms with Crippen LogP contribution in [0.3, 0.4) is 0 Å². The summed E-state index contributed by atoms with van der Waals surface area (Å²) in [5.74, 6) is 0.212. The van der Waals surface area contributed by atoms with Gasteiger partial charge in [0.2, 0.25) is 5.91 Å². The number of rotatable bonds is 5. The maximum absolute atomic E-state index is 11.8. The highest BCUT2D eigenvalue weighted by Gasteiger charge is 2.64. The second-order valence-corrected chi connectivity index (χ2v) is 5.82. The fraction of sp³-hybridized carbons (Fsp3) is 0.923. The third kappa shape index (κ3) is 2.10. The van der Waals surface area contributed by atoms with Crippen molar-refractivity contribution in [2.45, 2.75) is 47.6 Å². The van der Waals surface area contributed by atoms with Crippen molar-refractivity contribution >= 4 is 5.91 Å². The molecular formula is C13H26N2O. The molecule has 0 spiro atoms. The summed E-state index contributed by atoms with van der Waals surface area (Å²) in [7, 11) is 0. The smallest absolute Gasteiger partial charge is 0.236 e. The van der Waals surface area contributed by atoms with Crippen molar-refractivity contribution in [2.75, 3.05) is 19.6 Å². The van der Waals surface area contributed by atoms with Gasteiger partial charge in [0.25, 0.3) is 0 Å². The summed E-state index contributed by atoms with van der Waals surface area (Å²) in [6, 6.07) is 0.458. The van der Waals surface area contributed by atoms with E-state index in [9.17, 15) is 4.79 Å². The van der Waals surface area contributed by atoms with Gasteiger partial charge in [0.05, 0.1) is 6.54 Å². The molecule has 1 aliphatic rings. The van der Waals surface area contributed by atoms with Gasteiger partial charge in [0, 0.05) is 19.1 Å². The lowest BCUT2D eigenvalue weighted by atomic mass is 10.0. The number of hydrogen-bond donors (Lipinski definition) is 1. The maximum atomic E-state index is 11.8. The third-order valence-corrected chi connectivity index (χ3v) is 4.59. The Bertz CT molecular complexity index is 253. The monoisotopic (exact) mass is 226 g/mol. The summed E-state index contributed by atoms with van der Waals surface area (Å²) >= 11 is 0. The number of nitrogens with zero attached hydrogens (tertiary/aromatic N) is 1. The molecule has 0 aliphatic heterocycles. The molecule has 3 heteroatoms. The Morgan fingerprint density at radius 1 is 1.12 bits per heavy atom. The summed E-state index contributed by atoms with van der Waals surface area (Å²) in [5, 5.41) is 3.39. The molecule has 3 nitrogen and oxygen atoms in total. The van der Waals surface area contributed by atoms with Crippen molar-refractivity contribution in [3.05, 3.63) is 0 Å². The van der Waals surface area contributed by atoms with Crippen LogP contribution in [0.25, 0.3) is 0 Å². The topological polar surface area (TPSA) is 32.3 Å². The second-order valence-electron chi connectivity index (χ2n) is 5.82. The molecule has 0 heterocycles. The number of nitrogens with one attached hydrogen (secondary N) is 1. The summed E-state index contributed by atoms with van der Waals surface area (Å²) in [5.41, 5.74) is 0.604. The molecule has 0 bridgehead atoms. The predicted octanol–water partition coefficient (Wildman–Crippen LogP) is 1.88. The van der Waals surface area contributed by atoms with E-state index >= 15 is 0 Å². The van der Waals surface area contributed by atoms with E-state index in [0.29, 0.717) is 23.4 Å². The van der Waals surface area contributed by atoms with E-state index < -0.39 is 0 Å². The molecule has 0 aromatic rings. The van der Waals surface area contributed by atoms with Crippen LogP contribution in [-0.4, -0.2) is 36.5 Å². The predicted molar refractivity (Wildman–Crippen MR) is 67.3 cm³/mol. The molecule has 94 valence electrons. The zero-order chi connectivity index (χ0) is 12.6. The molecule has 16 heavy (non-hydrogen) atoms. The van der Waals surface area contributed by atoms with Gasteiger partial charge in [0.15, 0.2) is 0 Å². The number of carbonyl (C=O) groups is 1. The summed E-state index contributed by atoms with van der Waals surface area (Å²) in [6.45, 7) is 15.1. The largest absolute Gasteiger partial charge is 0.342 e. The van der Waals surface area contributed by atoms with Gasteiger partial charge in [0.1, 0.15) is 0 Å². The minimum absolute atomic E-state index is 0.212. The Labute approximate surface area is 99.6 Å². The minimum atomic E-state index is 0.212. The highest BCUT2D eigenvalue weighted by atomic mass is 16.2. The zero-order valence-corrected chi connectivity index (χ0v) is 11.6. The zero-order valence-electron chi connectivity index (χ0n) is 11.6. The molecule has 0 aromatic carbocycles. The lowest BCUT2D eigenvalue weighted by Crippen LogP contribution is -2.39. The first-order valence-electron chi connectivity index (χ1n) is 6.30. The molecule has 1 rings (SSSR count). The molecule has 1 fully saturated rings. The van der Waals surface area contributed by atoms with E-state index in [1.165, 1.54) is 0 Å². The van der Waals surface area contributed by atoms with Gasteiger partial charge in [-0.2, -0.15) is 0 Å². The van der Waals surface area contributed by atoms with E-state index in [2.05, 4.69) is 33.0 Å². The molecule has 1 saturated carbocycles. The average molecular weight is 226 g/mol. The molecule has 1 N–H and O–H groups in total. The lowest BCUT2D eigenvalue weighted by molar-refractivity contribution is -0.129. The molecular weight excluding hydrogens is 200 g/mol. The quantitative estimate of drug-likeness (QED) is 0.776. The van der Waals surface area contributed by atoms with E-state index in [1.807, 2.05) is 18.7 Å². The van der Waals surface area contributed by atoms with Crippen LogP contribution in [0.1, 0.15) is 41.5 Å². The molecule has 0 aromatic heterocycles. The van der Waals surface area contributed by atoms with E-state index in [1.54, 1.807) is 0 Å². The number of hydrogen-bond acceptors (Lipinski definition) is 2. The number of carbonyl (C=O) groups excluding carboxylic acids is 1. The Morgan fingerprint density at radius 3 is 1.88 bits per heavy atom. The van der Waals surface area contributed by atoms with Crippen molar-refractivity contribution in [3.63, 3.8) is 0 Å². The molecule has 0 saturated heterocycles. The normalized spacial score (nSPS) is 21.9. The highest BCUT2D eigenvalue weighted by molar-refractivity contribution is 5.78. The fourth-order valence-electron chi connectivity index (χ4n) is 2.58. The van der Waals surface area contributed by atoms with E-state index in [0.717, 1.165) is 13.1 Å². The first-order valence-corrected chi connectivity index (χ1v) is 6.30. The molecule has 1 aliphatic carbocycles. The van der Waals surface area contributed by atoms with Crippen LogP contribution in [-0.2, 0) is 4.79 Å². The van der Waals surface area contributed by atoms with Crippen LogP contribution >= 0.6 is 0 Å². The first-order chi connectivity index (χ1) is 7.29. The van der Waals surface area contributed by atoms with Crippen LogP contribution in [0.15, 0.2) is 0 Å². The Morgan fingerprint density at radius 2 is 1.56 bits per heavy atom. The van der Waals surface area contributed by atoms with Crippen molar-refractivity contribution in [3.8, 4) is 0 Å². The Kier molecular flexibility index (Phi) is 3.68. The molecule has 1 amide bonds. The summed E-state index contributed by atoms with van der Waals surface area (Å²) < 4.78 is 0. The average Bonchev–Trinajstić information content (AvgIpc) is 2.57. The summed E-state index contributed by atoms with van der Waals surface area (Å²) in [4.78, 5) is 13.7. The number of likely N-dealkylation sites (N-methyl/N-ethyl adjacent to an activating group) is 1. The van der Waals surface area contributed by atoms with Gasteiger partial charge >= 0.3 is 0 Å². The first kappa shape index (κ1) is 13.5. The maximum Gasteiger partial charge on any atom is 0.236 e. The van der Waals surface area contributed by atoms with Gasteiger partial charge in [-0.25, -0.2) is 0 Å². The standard InChI is InChI=1S/C13H26N2O/c1-7-15(8-2)10(16)9-14-11-12(3,4)13(11,5)6/h11,14H,7-9H2,1-6H3. The fourth-order valence-corrected chi connectivity index (χ4v) is 2.58. The Balaban J connectivity index is 2.40.